The molecule has 0 radical (unpaired) electrons. The first-order chi connectivity index (χ1) is 15.9. The molecule has 0 fully saturated rings. The fourth-order valence-corrected chi connectivity index (χ4v) is 4.28. The van der Waals surface area contributed by atoms with E-state index in [0.717, 1.165) is 0 Å². The van der Waals surface area contributed by atoms with Crippen LogP contribution in [0.5, 0.6) is 0 Å². The largest absolute Gasteiger partial charge is 0.330 e. The number of fused-ring (bicyclic) bond motifs is 1. The minimum Gasteiger partial charge on any atom is -0.330 e. The molecule has 4 rings (SSSR count). The number of aromatic amines is 1. The van der Waals surface area contributed by atoms with Gasteiger partial charge in [-0.25, -0.2) is 14.4 Å². The number of rotatable bonds is 7. The van der Waals surface area contributed by atoms with Gasteiger partial charge in [-0.05, 0) is 55.1 Å². The van der Waals surface area contributed by atoms with E-state index in [2.05, 4.69) is 15.0 Å². The second-order valence-electron chi connectivity index (χ2n) is 7.34. The molecular weight excluding hydrogens is 465 g/mol. The van der Waals surface area contributed by atoms with E-state index < -0.39 is 0 Å². The smallest absolute Gasteiger partial charge is 0.272 e. The third kappa shape index (κ3) is 4.79. The highest BCUT2D eigenvalue weighted by Crippen LogP contribution is 2.24. The highest BCUT2D eigenvalue weighted by molar-refractivity contribution is 7.98. The zero-order chi connectivity index (χ0) is 23.5. The maximum absolute atomic E-state index is 13.6. The van der Waals surface area contributed by atoms with Crippen molar-refractivity contribution in [1.82, 2.24) is 24.4 Å². The summed E-state index contributed by atoms with van der Waals surface area (Å²) in [5.74, 6) is -0.284. The highest BCUT2D eigenvalue weighted by atomic mass is 35.5. The van der Waals surface area contributed by atoms with E-state index in [4.69, 9.17) is 11.6 Å². The number of thioether (sulfide) groups is 1. The number of carbonyl (C=O) groups excluding carboxylic acids is 1. The Bertz CT molecular complexity index is 1370. The van der Waals surface area contributed by atoms with Crippen LogP contribution in [0.25, 0.3) is 16.6 Å². The molecule has 2 heterocycles. The van der Waals surface area contributed by atoms with Crippen LogP contribution >= 0.6 is 23.4 Å². The summed E-state index contributed by atoms with van der Waals surface area (Å²) in [4.78, 5) is 39.3. The van der Waals surface area contributed by atoms with Crippen molar-refractivity contribution < 1.29 is 9.18 Å². The Balaban J connectivity index is 1.72. The number of aromatic nitrogens is 4. The minimum absolute atomic E-state index is 0.105. The van der Waals surface area contributed by atoms with Crippen molar-refractivity contribution in [3.63, 3.8) is 0 Å². The third-order valence-electron chi connectivity index (χ3n) is 5.05. The lowest BCUT2D eigenvalue weighted by Crippen LogP contribution is -2.34. The summed E-state index contributed by atoms with van der Waals surface area (Å²) < 4.78 is 15.2. The normalized spacial score (nSPS) is 11.2. The first-order valence-electron chi connectivity index (χ1n) is 10.3. The number of hydrogen-bond acceptors (Lipinski definition) is 5. The van der Waals surface area contributed by atoms with Crippen LogP contribution in [-0.4, -0.2) is 43.1 Å². The number of imidazole rings is 1. The number of amides is 1. The van der Waals surface area contributed by atoms with Crippen molar-refractivity contribution in [3.05, 3.63) is 81.4 Å². The van der Waals surface area contributed by atoms with E-state index in [1.165, 1.54) is 30.1 Å². The lowest BCUT2D eigenvalue weighted by molar-refractivity contribution is 0.0730. The first-order valence-corrected chi connectivity index (χ1v) is 11.9. The maximum Gasteiger partial charge on any atom is 0.272 e. The fraction of sp³-hybridized carbons (Fsp3) is 0.217. The molecule has 0 spiro atoms. The number of carbonyl (C=O) groups is 1. The second kappa shape index (κ2) is 9.76. The number of nitrogens with zero attached hydrogens (tertiary/aromatic N) is 4. The summed E-state index contributed by atoms with van der Waals surface area (Å²) in [6.45, 7) is 2.51. The first kappa shape index (κ1) is 23.0. The molecule has 0 saturated carbocycles. The van der Waals surface area contributed by atoms with Gasteiger partial charge in [-0.15, -0.1) is 0 Å². The molecule has 33 heavy (non-hydrogen) atoms. The monoisotopic (exact) mass is 485 g/mol. The number of halogens is 2. The van der Waals surface area contributed by atoms with E-state index in [1.807, 2.05) is 13.2 Å². The van der Waals surface area contributed by atoms with Gasteiger partial charge in [-0.1, -0.05) is 30.3 Å². The predicted octanol–water partition coefficient (Wildman–Crippen LogP) is 4.68. The second-order valence-corrected chi connectivity index (χ2v) is 8.55. The SMILES string of the molecule is CCCN(Cc1nc2cc(Cl)ccc2c(=O)[nH]1)C(=O)c1cnc(SC)n1-c1ccc(F)cc1. The van der Waals surface area contributed by atoms with Crippen molar-refractivity contribution in [2.75, 3.05) is 12.8 Å². The molecule has 4 aromatic rings. The molecule has 0 aliphatic heterocycles. The van der Waals surface area contributed by atoms with Crippen molar-refractivity contribution in [2.45, 2.75) is 25.0 Å². The number of hydrogen-bond donors (Lipinski definition) is 1. The minimum atomic E-state index is -0.364. The van der Waals surface area contributed by atoms with E-state index in [0.29, 0.717) is 51.3 Å². The quantitative estimate of drug-likeness (QED) is 0.384. The summed E-state index contributed by atoms with van der Waals surface area (Å²) in [5.41, 5.74) is 1.14. The van der Waals surface area contributed by atoms with E-state index in [1.54, 1.807) is 39.8 Å². The van der Waals surface area contributed by atoms with Crippen molar-refractivity contribution in [1.29, 1.82) is 0 Å². The molecule has 7 nitrogen and oxygen atoms in total. The summed E-state index contributed by atoms with van der Waals surface area (Å²) >= 11 is 7.44. The summed E-state index contributed by atoms with van der Waals surface area (Å²) in [7, 11) is 0. The van der Waals surface area contributed by atoms with E-state index in [-0.39, 0.29) is 23.8 Å². The van der Waals surface area contributed by atoms with Crippen molar-refractivity contribution in [2.24, 2.45) is 0 Å². The van der Waals surface area contributed by atoms with Gasteiger partial charge >= 0.3 is 0 Å². The average Bonchev–Trinajstić information content (AvgIpc) is 3.22. The summed E-state index contributed by atoms with van der Waals surface area (Å²) in [5, 5.41) is 1.50. The zero-order valence-corrected chi connectivity index (χ0v) is 19.6. The topological polar surface area (TPSA) is 83.9 Å². The molecular formula is C23H21ClFN5O2S. The summed E-state index contributed by atoms with van der Waals surface area (Å²) in [6.07, 6.45) is 4.07. The molecule has 0 aliphatic carbocycles. The molecule has 1 amide bonds. The molecule has 0 saturated heterocycles. The molecule has 1 N–H and O–H groups in total. The van der Waals surface area contributed by atoms with Gasteiger partial charge in [-0.3, -0.25) is 14.2 Å². The molecule has 10 heteroatoms. The summed E-state index contributed by atoms with van der Waals surface area (Å²) in [6, 6.07) is 10.8. The number of nitrogens with one attached hydrogen (secondary N) is 1. The Morgan fingerprint density at radius 2 is 2.00 bits per heavy atom. The van der Waals surface area contributed by atoms with Gasteiger partial charge in [0.2, 0.25) is 0 Å². The fourth-order valence-electron chi connectivity index (χ4n) is 3.57. The van der Waals surface area contributed by atoms with Crippen LogP contribution in [0.4, 0.5) is 4.39 Å². The Labute approximate surface area is 198 Å². The maximum atomic E-state index is 13.6. The zero-order valence-electron chi connectivity index (χ0n) is 18.0. The Morgan fingerprint density at radius 1 is 1.24 bits per heavy atom. The van der Waals surface area contributed by atoms with Crippen LogP contribution in [0.1, 0.15) is 29.7 Å². The Kier molecular flexibility index (Phi) is 6.80. The number of benzene rings is 2. The van der Waals surface area contributed by atoms with Gasteiger partial charge in [-0.2, -0.15) is 0 Å². The van der Waals surface area contributed by atoms with Crippen LogP contribution in [0.2, 0.25) is 5.02 Å². The third-order valence-corrected chi connectivity index (χ3v) is 5.94. The van der Waals surface area contributed by atoms with Gasteiger partial charge in [0.1, 0.15) is 17.3 Å². The van der Waals surface area contributed by atoms with Crippen LogP contribution < -0.4 is 5.56 Å². The average molecular weight is 486 g/mol. The van der Waals surface area contributed by atoms with E-state index in [9.17, 15) is 14.0 Å². The van der Waals surface area contributed by atoms with Gasteiger partial charge < -0.3 is 9.88 Å². The lowest BCUT2D eigenvalue weighted by Gasteiger charge is -2.22. The van der Waals surface area contributed by atoms with Gasteiger partial charge in [0.05, 0.1) is 23.6 Å². The molecule has 0 aliphatic rings. The van der Waals surface area contributed by atoms with Gasteiger partial charge in [0.15, 0.2) is 5.16 Å². The lowest BCUT2D eigenvalue weighted by atomic mass is 10.2. The Hall–Kier alpha value is -3.17. The standard InChI is InChI=1S/C23H21ClFN5O2S/c1-3-10-29(13-20-27-18-11-14(24)4-9-17(18)21(31)28-20)22(32)19-12-26-23(33-2)30(19)16-7-5-15(25)6-8-16/h4-9,11-12H,3,10,13H2,1-2H3,(H,27,28,31). The molecule has 0 bridgehead atoms. The highest BCUT2D eigenvalue weighted by Gasteiger charge is 2.23. The number of H-pyrrole nitrogens is 1. The predicted molar refractivity (Wildman–Crippen MR) is 128 cm³/mol. The van der Waals surface area contributed by atoms with Crippen molar-refractivity contribution in [3.8, 4) is 5.69 Å². The molecule has 170 valence electrons. The van der Waals surface area contributed by atoms with Crippen LogP contribution in [0, 0.1) is 5.82 Å². The van der Waals surface area contributed by atoms with Gasteiger partial charge in [0.25, 0.3) is 11.5 Å². The molecule has 0 atom stereocenters. The van der Waals surface area contributed by atoms with Crippen LogP contribution in [-0.2, 0) is 6.54 Å². The molecule has 2 aromatic carbocycles. The van der Waals surface area contributed by atoms with Crippen LogP contribution in [0.15, 0.2) is 58.6 Å². The van der Waals surface area contributed by atoms with Crippen molar-refractivity contribution >= 4 is 40.2 Å². The molecule has 2 aromatic heterocycles. The molecule has 0 unspecified atom stereocenters. The Morgan fingerprint density at radius 3 is 2.70 bits per heavy atom. The van der Waals surface area contributed by atoms with Gasteiger partial charge in [0, 0.05) is 17.3 Å². The van der Waals surface area contributed by atoms with E-state index >= 15 is 0 Å². The van der Waals surface area contributed by atoms with Crippen LogP contribution in [0.3, 0.4) is 0 Å².